The first-order valence-corrected chi connectivity index (χ1v) is 6.53. The van der Waals surface area contributed by atoms with Gasteiger partial charge in [0.2, 0.25) is 0 Å². The van der Waals surface area contributed by atoms with E-state index < -0.39 is 5.97 Å². The molecule has 5 nitrogen and oxygen atoms in total. The third kappa shape index (κ3) is 3.17. The average Bonchev–Trinajstić information content (AvgIpc) is 2.40. The Morgan fingerprint density at radius 1 is 1.53 bits per heavy atom. The van der Waals surface area contributed by atoms with Crippen LogP contribution in [0.4, 0.5) is 11.4 Å². The molecule has 104 valence electrons. The van der Waals surface area contributed by atoms with Crippen molar-refractivity contribution < 1.29 is 9.53 Å². The first-order chi connectivity index (χ1) is 9.11. The molecule has 2 rings (SSSR count). The van der Waals surface area contributed by atoms with Crippen LogP contribution in [0.1, 0.15) is 23.2 Å². The number of carbonyl (C=O) groups excluding carboxylic acids is 1. The molecule has 1 fully saturated rings. The molecule has 0 radical (unpaired) electrons. The Morgan fingerprint density at radius 3 is 3.00 bits per heavy atom. The molecule has 0 bridgehead atoms. The molecule has 1 heterocycles. The van der Waals surface area contributed by atoms with Gasteiger partial charge in [-0.05, 0) is 38.6 Å². The van der Waals surface area contributed by atoms with Crippen LogP contribution in [0.25, 0.3) is 0 Å². The number of nitrogens with zero attached hydrogens (tertiary/aromatic N) is 1. The van der Waals surface area contributed by atoms with E-state index in [4.69, 9.17) is 10.5 Å². The molecule has 1 aliphatic heterocycles. The van der Waals surface area contributed by atoms with Gasteiger partial charge in [-0.2, -0.15) is 0 Å². The number of likely N-dealkylation sites (N-methyl/N-ethyl adjacent to an activating group) is 1. The molecule has 0 spiro atoms. The number of likely N-dealkylation sites (tertiary alicyclic amines) is 1. The van der Waals surface area contributed by atoms with Crippen molar-refractivity contribution in [3.05, 3.63) is 23.8 Å². The lowest BCUT2D eigenvalue weighted by Crippen LogP contribution is -2.39. The fourth-order valence-corrected chi connectivity index (χ4v) is 2.48. The molecule has 0 amide bonds. The van der Waals surface area contributed by atoms with Crippen LogP contribution in [-0.4, -0.2) is 44.2 Å². The lowest BCUT2D eigenvalue weighted by atomic mass is 10.0. The van der Waals surface area contributed by atoms with Crippen LogP contribution in [0.15, 0.2) is 18.2 Å². The zero-order chi connectivity index (χ0) is 13.8. The van der Waals surface area contributed by atoms with Crippen LogP contribution in [0, 0.1) is 0 Å². The highest BCUT2D eigenvalue weighted by molar-refractivity contribution is 5.98. The number of esters is 1. The summed E-state index contributed by atoms with van der Waals surface area (Å²) in [7, 11) is 3.47. The monoisotopic (exact) mass is 263 g/mol. The number of ether oxygens (including phenoxy) is 1. The van der Waals surface area contributed by atoms with E-state index in [0.717, 1.165) is 25.2 Å². The van der Waals surface area contributed by atoms with Crippen LogP contribution in [0.5, 0.6) is 0 Å². The predicted octanol–water partition coefficient (Wildman–Crippen LogP) is 1.56. The number of benzene rings is 1. The van der Waals surface area contributed by atoms with Gasteiger partial charge in [0.1, 0.15) is 0 Å². The van der Waals surface area contributed by atoms with Crippen LogP contribution >= 0.6 is 0 Å². The quantitative estimate of drug-likeness (QED) is 0.640. The molecule has 1 atom stereocenters. The van der Waals surface area contributed by atoms with Crippen molar-refractivity contribution in [1.82, 2.24) is 4.90 Å². The Balaban J connectivity index is 2.14. The Kier molecular flexibility index (Phi) is 4.27. The van der Waals surface area contributed by atoms with Gasteiger partial charge in [-0.25, -0.2) is 4.79 Å². The standard InChI is InChI=1S/C14H21N3O2/c1-17-8-4-5-10(9-17)16-12-7-3-6-11(13(12)15)14(18)19-2/h3,6-7,10,16H,4-5,8-9,15H2,1-2H3. The molecule has 1 aromatic rings. The van der Waals surface area contributed by atoms with Gasteiger partial charge in [0.25, 0.3) is 0 Å². The first-order valence-electron chi connectivity index (χ1n) is 6.53. The Labute approximate surface area is 113 Å². The summed E-state index contributed by atoms with van der Waals surface area (Å²) in [4.78, 5) is 13.9. The van der Waals surface area contributed by atoms with E-state index in [1.165, 1.54) is 13.5 Å². The molecular formula is C14H21N3O2. The minimum absolute atomic E-state index is 0.369. The average molecular weight is 263 g/mol. The van der Waals surface area contributed by atoms with Crippen molar-refractivity contribution in [2.75, 3.05) is 38.3 Å². The largest absolute Gasteiger partial charge is 0.465 e. The van der Waals surface area contributed by atoms with E-state index in [1.54, 1.807) is 6.07 Å². The summed E-state index contributed by atoms with van der Waals surface area (Å²) in [6.45, 7) is 2.12. The fraction of sp³-hybridized carbons (Fsp3) is 0.500. The topological polar surface area (TPSA) is 67.6 Å². The van der Waals surface area contributed by atoms with Crippen LogP contribution in [0.3, 0.4) is 0 Å². The van der Waals surface area contributed by atoms with Crippen molar-refractivity contribution in [3.8, 4) is 0 Å². The number of methoxy groups -OCH3 is 1. The molecule has 5 heteroatoms. The summed E-state index contributed by atoms with van der Waals surface area (Å²) in [5.41, 5.74) is 7.72. The molecule has 3 N–H and O–H groups in total. The number of nitrogens with one attached hydrogen (secondary N) is 1. The van der Waals surface area contributed by atoms with Crippen molar-refractivity contribution in [2.24, 2.45) is 0 Å². The third-order valence-corrected chi connectivity index (χ3v) is 3.50. The molecule has 19 heavy (non-hydrogen) atoms. The van der Waals surface area contributed by atoms with E-state index in [1.807, 2.05) is 12.1 Å². The smallest absolute Gasteiger partial charge is 0.340 e. The summed E-state index contributed by atoms with van der Waals surface area (Å²) < 4.78 is 4.72. The zero-order valence-electron chi connectivity index (χ0n) is 11.5. The highest BCUT2D eigenvalue weighted by Crippen LogP contribution is 2.25. The maximum absolute atomic E-state index is 11.6. The van der Waals surface area contributed by atoms with E-state index in [9.17, 15) is 4.79 Å². The van der Waals surface area contributed by atoms with Crippen molar-refractivity contribution in [2.45, 2.75) is 18.9 Å². The van der Waals surface area contributed by atoms with Gasteiger partial charge in [0.15, 0.2) is 0 Å². The number of para-hydroxylation sites is 1. The van der Waals surface area contributed by atoms with Gasteiger partial charge in [0, 0.05) is 12.6 Å². The van der Waals surface area contributed by atoms with Crippen molar-refractivity contribution >= 4 is 17.3 Å². The Morgan fingerprint density at radius 2 is 2.32 bits per heavy atom. The van der Waals surface area contributed by atoms with Crippen molar-refractivity contribution in [3.63, 3.8) is 0 Å². The lowest BCUT2D eigenvalue weighted by Gasteiger charge is -2.31. The molecule has 1 unspecified atom stereocenters. The molecule has 1 aromatic carbocycles. The van der Waals surface area contributed by atoms with Gasteiger partial charge in [-0.1, -0.05) is 6.07 Å². The molecule has 0 saturated carbocycles. The fourth-order valence-electron chi connectivity index (χ4n) is 2.48. The highest BCUT2D eigenvalue weighted by atomic mass is 16.5. The number of hydrogen-bond donors (Lipinski definition) is 2. The van der Waals surface area contributed by atoms with Gasteiger partial charge in [-0.3, -0.25) is 0 Å². The van der Waals surface area contributed by atoms with Gasteiger partial charge in [-0.15, -0.1) is 0 Å². The molecule has 1 aliphatic rings. The minimum Gasteiger partial charge on any atom is -0.465 e. The van der Waals surface area contributed by atoms with E-state index >= 15 is 0 Å². The second kappa shape index (κ2) is 5.93. The van der Waals surface area contributed by atoms with Crippen LogP contribution < -0.4 is 11.1 Å². The number of carbonyl (C=O) groups is 1. The molecule has 1 saturated heterocycles. The maximum atomic E-state index is 11.6. The summed E-state index contributed by atoms with van der Waals surface area (Å²) in [6.07, 6.45) is 2.29. The highest BCUT2D eigenvalue weighted by Gasteiger charge is 2.19. The Hall–Kier alpha value is -1.75. The molecule has 0 aliphatic carbocycles. The third-order valence-electron chi connectivity index (χ3n) is 3.50. The minimum atomic E-state index is -0.401. The second-order valence-electron chi connectivity index (χ2n) is 5.00. The van der Waals surface area contributed by atoms with Crippen LogP contribution in [0.2, 0.25) is 0 Å². The lowest BCUT2D eigenvalue weighted by molar-refractivity contribution is 0.0602. The normalized spacial score (nSPS) is 20.0. The summed E-state index contributed by atoms with van der Waals surface area (Å²) >= 11 is 0. The number of rotatable bonds is 3. The number of nitrogens with two attached hydrogens (primary N) is 1. The summed E-state index contributed by atoms with van der Waals surface area (Å²) in [5, 5.41) is 3.42. The van der Waals surface area contributed by atoms with E-state index in [2.05, 4.69) is 17.3 Å². The van der Waals surface area contributed by atoms with Crippen molar-refractivity contribution in [1.29, 1.82) is 0 Å². The number of piperidine rings is 1. The summed E-state index contributed by atoms with van der Waals surface area (Å²) in [5.74, 6) is -0.401. The predicted molar refractivity (Wildman–Crippen MR) is 76.3 cm³/mol. The number of anilines is 2. The SMILES string of the molecule is COC(=O)c1cccc(NC2CCCN(C)C2)c1N. The second-order valence-corrected chi connectivity index (χ2v) is 5.00. The summed E-state index contributed by atoms with van der Waals surface area (Å²) in [6, 6.07) is 5.77. The van der Waals surface area contributed by atoms with Crippen LogP contribution in [-0.2, 0) is 4.74 Å². The Bertz CT molecular complexity index is 462. The van der Waals surface area contributed by atoms with E-state index in [0.29, 0.717) is 17.3 Å². The van der Waals surface area contributed by atoms with Gasteiger partial charge in [0.05, 0.1) is 24.0 Å². The first kappa shape index (κ1) is 13.7. The maximum Gasteiger partial charge on any atom is 0.340 e. The number of hydrogen-bond acceptors (Lipinski definition) is 5. The van der Waals surface area contributed by atoms with Gasteiger partial charge >= 0.3 is 5.97 Å². The molecule has 0 aromatic heterocycles. The van der Waals surface area contributed by atoms with Gasteiger partial charge < -0.3 is 20.7 Å². The number of nitrogen functional groups attached to an aromatic ring is 1. The molecular weight excluding hydrogens is 242 g/mol. The van der Waals surface area contributed by atoms with E-state index in [-0.39, 0.29) is 0 Å². The zero-order valence-corrected chi connectivity index (χ0v) is 11.5.